The van der Waals surface area contributed by atoms with Crippen LogP contribution >= 0.6 is 0 Å². The molecule has 0 spiro atoms. The number of aryl methyl sites for hydroxylation is 1. The van der Waals surface area contributed by atoms with Crippen LogP contribution in [-0.2, 0) is 11.2 Å². The summed E-state index contributed by atoms with van der Waals surface area (Å²) in [4.78, 5) is 14.5. The number of nitrogens with zero attached hydrogens (tertiary/aromatic N) is 1. The highest BCUT2D eigenvalue weighted by Gasteiger charge is 2.13. The van der Waals surface area contributed by atoms with Gasteiger partial charge in [0.25, 0.3) is 0 Å². The van der Waals surface area contributed by atoms with E-state index in [2.05, 4.69) is 9.72 Å². The smallest absolute Gasteiger partial charge is 0.449 e. The molecule has 1 aliphatic rings. The van der Waals surface area contributed by atoms with Gasteiger partial charge in [-0.3, -0.25) is 0 Å². The molecule has 0 amide bonds. The standard InChI is InChI=1S/C15H21NO4/c17-15(18)20-14-12(6-4-10-16-14)7-5-11-19-13-8-2-1-3-9-13/h4,6,10,13H,1-3,5,7-9,11H2,(H,17,18). The van der Waals surface area contributed by atoms with Crippen molar-refractivity contribution in [3.8, 4) is 5.88 Å². The van der Waals surface area contributed by atoms with E-state index >= 15 is 0 Å². The number of carboxylic acid groups (broad SMARTS) is 1. The SMILES string of the molecule is O=C(O)Oc1ncccc1CCCOC1CCCCC1. The number of ether oxygens (including phenoxy) is 2. The molecule has 1 N–H and O–H groups in total. The summed E-state index contributed by atoms with van der Waals surface area (Å²) in [5.74, 6) is 0.178. The minimum Gasteiger partial charge on any atom is -0.449 e. The molecule has 0 aromatic carbocycles. The molecule has 1 aliphatic carbocycles. The summed E-state index contributed by atoms with van der Waals surface area (Å²) in [5.41, 5.74) is 0.808. The fraction of sp³-hybridized carbons (Fsp3) is 0.600. The van der Waals surface area contributed by atoms with Crippen LogP contribution in [-0.4, -0.2) is 29.0 Å². The summed E-state index contributed by atoms with van der Waals surface area (Å²) in [5, 5.41) is 8.65. The van der Waals surface area contributed by atoms with E-state index in [1.165, 1.54) is 38.3 Å². The quantitative estimate of drug-likeness (QED) is 0.638. The Kier molecular flexibility index (Phi) is 5.80. The van der Waals surface area contributed by atoms with Crippen molar-refractivity contribution >= 4 is 6.16 Å². The number of pyridine rings is 1. The van der Waals surface area contributed by atoms with Gasteiger partial charge in [0.15, 0.2) is 0 Å². The predicted octanol–water partition coefficient (Wildman–Crippen LogP) is 3.42. The van der Waals surface area contributed by atoms with E-state index in [4.69, 9.17) is 9.84 Å². The van der Waals surface area contributed by atoms with E-state index in [0.717, 1.165) is 12.0 Å². The molecule has 0 atom stereocenters. The van der Waals surface area contributed by atoms with Gasteiger partial charge in [0.05, 0.1) is 6.10 Å². The first kappa shape index (κ1) is 14.8. The van der Waals surface area contributed by atoms with Crippen LogP contribution < -0.4 is 4.74 Å². The lowest BCUT2D eigenvalue weighted by molar-refractivity contribution is 0.0272. The predicted molar refractivity (Wildman–Crippen MR) is 74.0 cm³/mol. The molecule has 0 unspecified atom stereocenters. The second kappa shape index (κ2) is 7.85. The molecule has 0 aliphatic heterocycles. The first-order valence-electron chi connectivity index (χ1n) is 7.22. The minimum atomic E-state index is -1.33. The Morgan fingerprint density at radius 1 is 1.35 bits per heavy atom. The van der Waals surface area contributed by atoms with Gasteiger partial charge < -0.3 is 14.6 Å². The topological polar surface area (TPSA) is 68.7 Å². The van der Waals surface area contributed by atoms with Gasteiger partial charge in [0, 0.05) is 18.4 Å². The molecule has 1 aromatic rings. The molecule has 0 saturated heterocycles. The van der Waals surface area contributed by atoms with Crippen molar-refractivity contribution in [1.82, 2.24) is 4.98 Å². The summed E-state index contributed by atoms with van der Waals surface area (Å²) in [6, 6.07) is 3.62. The van der Waals surface area contributed by atoms with Crippen LogP contribution in [0.5, 0.6) is 5.88 Å². The summed E-state index contributed by atoms with van der Waals surface area (Å²) >= 11 is 0. The Hall–Kier alpha value is -1.62. The molecule has 20 heavy (non-hydrogen) atoms. The van der Waals surface area contributed by atoms with Crippen LogP contribution in [0.2, 0.25) is 0 Å². The lowest BCUT2D eigenvalue weighted by Crippen LogP contribution is -2.17. The molecule has 2 rings (SSSR count). The van der Waals surface area contributed by atoms with Gasteiger partial charge in [-0.05, 0) is 31.7 Å². The Labute approximate surface area is 118 Å². The highest BCUT2D eigenvalue weighted by molar-refractivity contribution is 5.60. The molecule has 1 heterocycles. The van der Waals surface area contributed by atoms with Crippen LogP contribution in [0.1, 0.15) is 44.1 Å². The van der Waals surface area contributed by atoms with E-state index in [1.54, 1.807) is 6.07 Å². The third kappa shape index (κ3) is 4.81. The van der Waals surface area contributed by atoms with Gasteiger partial charge in [0.2, 0.25) is 5.88 Å². The summed E-state index contributed by atoms with van der Waals surface area (Å²) in [7, 11) is 0. The van der Waals surface area contributed by atoms with Gasteiger partial charge in [0.1, 0.15) is 0 Å². The molecular formula is C15H21NO4. The molecule has 1 saturated carbocycles. The fourth-order valence-corrected chi connectivity index (χ4v) is 2.53. The highest BCUT2D eigenvalue weighted by Crippen LogP contribution is 2.21. The van der Waals surface area contributed by atoms with Gasteiger partial charge in [-0.25, -0.2) is 9.78 Å². The van der Waals surface area contributed by atoms with Crippen molar-refractivity contribution in [1.29, 1.82) is 0 Å². The van der Waals surface area contributed by atoms with Crippen LogP contribution in [0.15, 0.2) is 18.3 Å². The lowest BCUT2D eigenvalue weighted by Gasteiger charge is -2.21. The van der Waals surface area contributed by atoms with Gasteiger partial charge >= 0.3 is 6.16 Å². The monoisotopic (exact) mass is 279 g/mol. The second-order valence-corrected chi connectivity index (χ2v) is 5.07. The molecule has 110 valence electrons. The molecule has 5 heteroatoms. The number of rotatable bonds is 6. The van der Waals surface area contributed by atoms with Crippen molar-refractivity contribution in [3.05, 3.63) is 23.9 Å². The summed E-state index contributed by atoms with van der Waals surface area (Å²) in [6.07, 6.45) is 8.36. The molecule has 1 aromatic heterocycles. The molecule has 5 nitrogen and oxygen atoms in total. The first-order valence-corrected chi connectivity index (χ1v) is 7.22. The van der Waals surface area contributed by atoms with Crippen molar-refractivity contribution in [3.63, 3.8) is 0 Å². The summed E-state index contributed by atoms with van der Waals surface area (Å²) in [6.45, 7) is 0.700. The van der Waals surface area contributed by atoms with E-state index in [-0.39, 0.29) is 5.88 Å². The van der Waals surface area contributed by atoms with Crippen molar-refractivity contribution < 1.29 is 19.4 Å². The highest BCUT2D eigenvalue weighted by atomic mass is 16.7. The Morgan fingerprint density at radius 2 is 2.15 bits per heavy atom. The van der Waals surface area contributed by atoms with Gasteiger partial charge in [-0.2, -0.15) is 0 Å². The fourth-order valence-electron chi connectivity index (χ4n) is 2.53. The Balaban J connectivity index is 1.74. The maximum atomic E-state index is 10.6. The molecule has 0 bridgehead atoms. The van der Waals surface area contributed by atoms with Gasteiger partial charge in [-0.1, -0.05) is 25.3 Å². The third-order valence-corrected chi connectivity index (χ3v) is 3.53. The Bertz CT molecular complexity index is 430. The zero-order valence-electron chi connectivity index (χ0n) is 11.6. The van der Waals surface area contributed by atoms with Crippen LogP contribution in [0.3, 0.4) is 0 Å². The van der Waals surface area contributed by atoms with Crippen molar-refractivity contribution in [2.75, 3.05) is 6.61 Å². The Morgan fingerprint density at radius 3 is 2.90 bits per heavy atom. The largest absolute Gasteiger partial charge is 0.512 e. The van der Waals surface area contributed by atoms with Crippen molar-refractivity contribution in [2.24, 2.45) is 0 Å². The lowest BCUT2D eigenvalue weighted by atomic mass is 9.98. The molecule has 1 fully saturated rings. The zero-order valence-corrected chi connectivity index (χ0v) is 11.6. The number of carbonyl (C=O) groups is 1. The minimum absolute atomic E-state index is 0.178. The van der Waals surface area contributed by atoms with Gasteiger partial charge in [-0.15, -0.1) is 0 Å². The van der Waals surface area contributed by atoms with Crippen LogP contribution in [0, 0.1) is 0 Å². The van der Waals surface area contributed by atoms with E-state index < -0.39 is 6.16 Å². The summed E-state index contributed by atoms with van der Waals surface area (Å²) < 4.78 is 10.5. The third-order valence-electron chi connectivity index (χ3n) is 3.53. The molecular weight excluding hydrogens is 258 g/mol. The number of hydrogen-bond acceptors (Lipinski definition) is 4. The maximum absolute atomic E-state index is 10.6. The second-order valence-electron chi connectivity index (χ2n) is 5.07. The van der Waals surface area contributed by atoms with Crippen LogP contribution in [0.4, 0.5) is 4.79 Å². The number of aromatic nitrogens is 1. The maximum Gasteiger partial charge on any atom is 0.512 e. The van der Waals surface area contributed by atoms with Crippen molar-refractivity contribution in [2.45, 2.75) is 51.0 Å². The van der Waals surface area contributed by atoms with E-state index in [0.29, 0.717) is 19.1 Å². The normalized spacial score (nSPS) is 16.0. The van der Waals surface area contributed by atoms with E-state index in [1.807, 2.05) is 6.07 Å². The first-order chi connectivity index (χ1) is 9.75. The average molecular weight is 279 g/mol. The number of hydrogen-bond donors (Lipinski definition) is 1. The average Bonchev–Trinajstić information content (AvgIpc) is 2.46. The molecule has 0 radical (unpaired) electrons. The van der Waals surface area contributed by atoms with E-state index in [9.17, 15) is 4.79 Å². The zero-order chi connectivity index (χ0) is 14.2. The van der Waals surface area contributed by atoms with Crippen LogP contribution in [0.25, 0.3) is 0 Å².